The van der Waals surface area contributed by atoms with E-state index < -0.39 is 24.1 Å². The van der Waals surface area contributed by atoms with Crippen molar-refractivity contribution < 1.29 is 26.7 Å². The van der Waals surface area contributed by atoms with Crippen LogP contribution in [-0.2, 0) is 12.8 Å². The highest BCUT2D eigenvalue weighted by Crippen LogP contribution is 2.35. The van der Waals surface area contributed by atoms with Crippen molar-refractivity contribution in [1.29, 1.82) is 0 Å². The van der Waals surface area contributed by atoms with Crippen LogP contribution in [0.25, 0.3) is 10.9 Å². The van der Waals surface area contributed by atoms with E-state index in [1.165, 1.54) is 24.3 Å². The van der Waals surface area contributed by atoms with Crippen molar-refractivity contribution in [2.75, 3.05) is 0 Å². The fourth-order valence-corrected chi connectivity index (χ4v) is 2.86. The summed E-state index contributed by atoms with van der Waals surface area (Å²) in [6, 6.07) is 6.94. The van der Waals surface area contributed by atoms with Gasteiger partial charge in [0.15, 0.2) is 0 Å². The number of rotatable bonds is 5. The lowest BCUT2D eigenvalue weighted by molar-refractivity contribution is -0.0494. The highest BCUT2D eigenvalue weighted by atomic mass is 19.3. The second-order valence-corrected chi connectivity index (χ2v) is 5.65. The summed E-state index contributed by atoms with van der Waals surface area (Å²) in [4.78, 5) is 4.21. The third kappa shape index (κ3) is 3.47. The first kappa shape index (κ1) is 18.1. The number of benzene rings is 2. The summed E-state index contributed by atoms with van der Waals surface area (Å²) < 4.78 is 71.8. The first-order chi connectivity index (χ1) is 12.4. The molecule has 3 aromatic rings. The molecule has 26 heavy (non-hydrogen) atoms. The summed E-state index contributed by atoms with van der Waals surface area (Å²) in [6.45, 7) is -1.43. The Bertz CT molecular complexity index is 958. The SMILES string of the molecule is CCc1nc2c(F)cccc2c(OC(F)F)c1Cc1ccc(F)cc1F. The Labute approximate surface area is 146 Å². The number of aryl methyl sites for hydroxylation is 1. The molecule has 0 N–H and O–H groups in total. The van der Waals surface area contributed by atoms with Crippen LogP contribution in [0.4, 0.5) is 22.0 Å². The Hall–Kier alpha value is -2.70. The molecule has 0 amide bonds. The largest absolute Gasteiger partial charge is 0.434 e. The zero-order valence-electron chi connectivity index (χ0n) is 13.7. The Balaban J connectivity index is 2.24. The lowest BCUT2D eigenvalue weighted by Gasteiger charge is -2.17. The van der Waals surface area contributed by atoms with Gasteiger partial charge in [-0.15, -0.1) is 0 Å². The highest BCUT2D eigenvalue weighted by Gasteiger charge is 2.21. The Morgan fingerprint density at radius 3 is 2.46 bits per heavy atom. The predicted molar refractivity (Wildman–Crippen MR) is 86.9 cm³/mol. The molecule has 3 rings (SSSR count). The van der Waals surface area contributed by atoms with Crippen LogP contribution in [0.3, 0.4) is 0 Å². The van der Waals surface area contributed by atoms with Crippen LogP contribution in [0.5, 0.6) is 5.75 Å². The lowest BCUT2D eigenvalue weighted by atomic mass is 9.98. The number of ether oxygens (including phenoxy) is 1. The molecule has 0 bridgehead atoms. The van der Waals surface area contributed by atoms with Crippen LogP contribution in [0.15, 0.2) is 36.4 Å². The quantitative estimate of drug-likeness (QED) is 0.563. The van der Waals surface area contributed by atoms with Gasteiger partial charge in [-0.05, 0) is 30.2 Å². The molecular formula is C19H14F5NO. The molecule has 136 valence electrons. The molecule has 0 atom stereocenters. The standard InChI is InChI=1S/C19H14F5NO/c1-2-16-13(8-10-6-7-11(20)9-15(10)22)18(26-19(23)24)12-4-3-5-14(21)17(12)25-16/h3-7,9,19H,2,8H2,1H3. The van der Waals surface area contributed by atoms with Crippen molar-refractivity contribution in [2.24, 2.45) is 0 Å². The molecule has 1 aromatic heterocycles. The number of halogens is 5. The van der Waals surface area contributed by atoms with Crippen molar-refractivity contribution in [3.63, 3.8) is 0 Å². The van der Waals surface area contributed by atoms with Crippen molar-refractivity contribution in [2.45, 2.75) is 26.4 Å². The number of alkyl halides is 2. The van der Waals surface area contributed by atoms with E-state index in [-0.39, 0.29) is 34.2 Å². The molecule has 0 aliphatic rings. The fourth-order valence-electron chi connectivity index (χ4n) is 2.86. The maximum absolute atomic E-state index is 14.1. The molecule has 0 fully saturated rings. The van der Waals surface area contributed by atoms with Crippen molar-refractivity contribution in [3.05, 3.63) is 70.7 Å². The number of aromatic nitrogens is 1. The van der Waals surface area contributed by atoms with Gasteiger partial charge in [0.1, 0.15) is 28.7 Å². The molecule has 0 unspecified atom stereocenters. The van der Waals surface area contributed by atoms with E-state index >= 15 is 0 Å². The van der Waals surface area contributed by atoms with Crippen LogP contribution >= 0.6 is 0 Å². The van der Waals surface area contributed by atoms with Gasteiger partial charge >= 0.3 is 6.61 Å². The average molecular weight is 367 g/mol. The Morgan fingerprint density at radius 1 is 1.04 bits per heavy atom. The molecule has 1 heterocycles. The molecule has 0 saturated carbocycles. The summed E-state index contributed by atoms with van der Waals surface area (Å²) in [5.41, 5.74) is 0.527. The van der Waals surface area contributed by atoms with Gasteiger partial charge in [-0.3, -0.25) is 0 Å². The number of pyridine rings is 1. The normalized spacial score (nSPS) is 11.3. The minimum atomic E-state index is -3.15. The number of hydrogen-bond donors (Lipinski definition) is 0. The summed E-state index contributed by atoms with van der Waals surface area (Å²) in [5.74, 6) is -2.47. The second kappa shape index (κ2) is 7.27. The number of para-hydroxylation sites is 1. The van der Waals surface area contributed by atoms with Crippen molar-refractivity contribution >= 4 is 10.9 Å². The number of nitrogens with zero attached hydrogens (tertiary/aromatic N) is 1. The second-order valence-electron chi connectivity index (χ2n) is 5.65. The summed E-state index contributed by atoms with van der Waals surface area (Å²) in [7, 11) is 0. The topological polar surface area (TPSA) is 22.1 Å². The molecular weight excluding hydrogens is 353 g/mol. The van der Waals surface area contributed by atoms with Crippen molar-refractivity contribution in [3.8, 4) is 5.75 Å². The van der Waals surface area contributed by atoms with E-state index in [0.717, 1.165) is 6.07 Å². The maximum Gasteiger partial charge on any atom is 0.387 e. The summed E-state index contributed by atoms with van der Waals surface area (Å²) in [5, 5.41) is 0.0695. The van der Waals surface area contributed by atoms with E-state index in [1.807, 2.05) is 0 Å². The zero-order chi connectivity index (χ0) is 18.8. The fraction of sp³-hybridized carbons (Fsp3) is 0.211. The Kier molecular flexibility index (Phi) is 5.06. The van der Waals surface area contributed by atoms with Gasteiger partial charge in [-0.25, -0.2) is 18.2 Å². The van der Waals surface area contributed by atoms with Crippen molar-refractivity contribution in [1.82, 2.24) is 4.98 Å². The molecule has 0 radical (unpaired) electrons. The third-order valence-corrected chi connectivity index (χ3v) is 4.02. The van der Waals surface area contributed by atoms with Gasteiger partial charge in [-0.1, -0.05) is 19.1 Å². The first-order valence-corrected chi connectivity index (χ1v) is 7.89. The van der Waals surface area contributed by atoms with Gasteiger partial charge < -0.3 is 4.74 Å². The molecule has 2 aromatic carbocycles. The summed E-state index contributed by atoms with van der Waals surface area (Å²) >= 11 is 0. The molecule has 0 spiro atoms. The van der Waals surface area contributed by atoms with E-state index in [9.17, 15) is 22.0 Å². The Morgan fingerprint density at radius 2 is 1.81 bits per heavy atom. The van der Waals surface area contributed by atoms with E-state index in [1.54, 1.807) is 6.92 Å². The van der Waals surface area contributed by atoms with Gasteiger partial charge in [0.2, 0.25) is 0 Å². The van der Waals surface area contributed by atoms with E-state index in [0.29, 0.717) is 18.2 Å². The van der Waals surface area contributed by atoms with Crippen LogP contribution < -0.4 is 4.74 Å². The first-order valence-electron chi connectivity index (χ1n) is 7.89. The van der Waals surface area contributed by atoms with Crippen LogP contribution in [-0.4, -0.2) is 11.6 Å². The lowest BCUT2D eigenvalue weighted by Crippen LogP contribution is -2.10. The maximum atomic E-state index is 14.1. The van der Waals surface area contributed by atoms with Crippen LogP contribution in [0.2, 0.25) is 0 Å². The minimum Gasteiger partial charge on any atom is -0.434 e. The van der Waals surface area contributed by atoms with E-state index in [2.05, 4.69) is 9.72 Å². The summed E-state index contributed by atoms with van der Waals surface area (Å²) in [6.07, 6.45) is 0.152. The highest BCUT2D eigenvalue weighted by molar-refractivity contribution is 5.87. The van der Waals surface area contributed by atoms with E-state index in [4.69, 9.17) is 0 Å². The zero-order valence-corrected chi connectivity index (χ0v) is 13.7. The molecule has 7 heteroatoms. The van der Waals surface area contributed by atoms with Crippen LogP contribution in [0.1, 0.15) is 23.7 Å². The van der Waals surface area contributed by atoms with Crippen LogP contribution in [0, 0.1) is 17.5 Å². The molecule has 0 aliphatic carbocycles. The monoisotopic (exact) mass is 367 g/mol. The third-order valence-electron chi connectivity index (χ3n) is 4.02. The molecule has 2 nitrogen and oxygen atoms in total. The van der Waals surface area contributed by atoms with Gasteiger partial charge in [-0.2, -0.15) is 8.78 Å². The van der Waals surface area contributed by atoms with Gasteiger partial charge in [0.25, 0.3) is 0 Å². The number of fused-ring (bicyclic) bond motifs is 1. The average Bonchev–Trinajstić information content (AvgIpc) is 2.58. The van der Waals surface area contributed by atoms with Gasteiger partial charge in [0.05, 0.1) is 0 Å². The number of hydrogen-bond acceptors (Lipinski definition) is 2. The molecule has 0 saturated heterocycles. The molecule has 0 aliphatic heterocycles. The minimum absolute atomic E-state index is 0.0695. The smallest absolute Gasteiger partial charge is 0.387 e. The van der Waals surface area contributed by atoms with Gasteiger partial charge in [0, 0.05) is 29.1 Å². The predicted octanol–water partition coefficient (Wildman–Crippen LogP) is 5.41.